The lowest BCUT2D eigenvalue weighted by Gasteiger charge is -2.41. The Morgan fingerprint density at radius 2 is 0.815 bits per heavy atom. The second kappa shape index (κ2) is 43.1. The summed E-state index contributed by atoms with van der Waals surface area (Å²) in [6, 6.07) is 0. The summed E-state index contributed by atoms with van der Waals surface area (Å²) in [5.74, 6) is -0.481. The third-order valence-electron chi connectivity index (χ3n) is 12.9. The van der Waals surface area contributed by atoms with Gasteiger partial charge in [-0.2, -0.15) is 0 Å². The number of hydrogen-bond donors (Lipinski definition) is 6. The number of phosphoric acid groups is 1. The molecular formula is C52H101O12P. The molecule has 0 aromatic heterocycles. The molecule has 386 valence electrons. The Morgan fingerprint density at radius 3 is 1.22 bits per heavy atom. The first kappa shape index (κ1) is 62.1. The minimum atomic E-state index is -5.02. The van der Waals surface area contributed by atoms with Gasteiger partial charge in [-0.05, 0) is 38.5 Å². The molecule has 1 fully saturated rings. The quantitative estimate of drug-likeness (QED) is 0.0147. The molecule has 0 heterocycles. The molecule has 1 rings (SSSR count). The van der Waals surface area contributed by atoms with Crippen LogP contribution < -0.4 is 0 Å². The number of allylic oxidation sites excluding steroid dienone is 2. The molecule has 0 amide bonds. The van der Waals surface area contributed by atoms with Crippen LogP contribution in [0.5, 0.6) is 0 Å². The summed E-state index contributed by atoms with van der Waals surface area (Å²) in [7, 11) is -5.02. The molecule has 6 atom stereocenters. The fraction of sp³-hybridized carbons (Fsp3) is 0.942. The molecule has 0 radical (unpaired) electrons. The topological polar surface area (TPSA) is 192 Å². The number of carbonyl (C=O) groups is 1. The van der Waals surface area contributed by atoms with Gasteiger partial charge in [0.15, 0.2) is 0 Å². The Hall–Kier alpha value is -0.920. The molecule has 13 heteroatoms. The van der Waals surface area contributed by atoms with Gasteiger partial charge in [0.2, 0.25) is 0 Å². The summed E-state index contributed by atoms with van der Waals surface area (Å²) in [6.45, 7) is 4.29. The second-order valence-electron chi connectivity index (χ2n) is 19.1. The van der Waals surface area contributed by atoms with Gasteiger partial charge in [-0.3, -0.25) is 13.8 Å². The van der Waals surface area contributed by atoms with Crippen molar-refractivity contribution >= 4 is 13.8 Å². The van der Waals surface area contributed by atoms with Crippen molar-refractivity contribution in [2.45, 2.75) is 294 Å². The van der Waals surface area contributed by atoms with Crippen LogP contribution in [0.15, 0.2) is 12.2 Å². The SMILES string of the molecule is CCCCCCC/C=C\CCCCCCCC(=O)OC(COCCCCCCCCCCCCCCCCCCCCCCCCCC)COP(=O)(O)OC1C(O)C(O)C(O)C(O)C1O. The van der Waals surface area contributed by atoms with E-state index in [1.54, 1.807) is 0 Å². The van der Waals surface area contributed by atoms with E-state index in [-0.39, 0.29) is 13.0 Å². The summed E-state index contributed by atoms with van der Waals surface area (Å²) in [5, 5.41) is 50.3. The minimum absolute atomic E-state index is 0.0738. The van der Waals surface area contributed by atoms with Gasteiger partial charge in [0.05, 0.1) is 13.2 Å². The Morgan fingerprint density at radius 1 is 0.477 bits per heavy atom. The van der Waals surface area contributed by atoms with Crippen LogP contribution in [0.2, 0.25) is 0 Å². The highest BCUT2D eigenvalue weighted by atomic mass is 31.2. The van der Waals surface area contributed by atoms with Crippen LogP contribution in [0, 0.1) is 0 Å². The van der Waals surface area contributed by atoms with E-state index in [9.17, 15) is 39.8 Å². The number of aliphatic hydroxyl groups is 5. The summed E-state index contributed by atoms with van der Waals surface area (Å²) < 4.78 is 34.3. The van der Waals surface area contributed by atoms with Gasteiger partial charge in [-0.1, -0.05) is 219 Å². The van der Waals surface area contributed by atoms with Gasteiger partial charge in [0, 0.05) is 13.0 Å². The number of carbonyl (C=O) groups excluding carboxylic acids is 1. The van der Waals surface area contributed by atoms with Crippen molar-refractivity contribution in [3.05, 3.63) is 12.2 Å². The molecule has 1 aliphatic rings. The number of esters is 1. The first-order valence-electron chi connectivity index (χ1n) is 27.0. The number of unbranched alkanes of at least 4 members (excludes halogenated alkanes) is 33. The average Bonchev–Trinajstić information content (AvgIpc) is 3.29. The molecule has 6 unspecified atom stereocenters. The van der Waals surface area contributed by atoms with E-state index in [1.807, 2.05) is 0 Å². The van der Waals surface area contributed by atoms with E-state index in [2.05, 4.69) is 26.0 Å². The molecule has 0 saturated heterocycles. The van der Waals surface area contributed by atoms with Crippen molar-refractivity contribution in [3.8, 4) is 0 Å². The van der Waals surface area contributed by atoms with E-state index in [0.717, 1.165) is 57.8 Å². The zero-order valence-electron chi connectivity index (χ0n) is 41.6. The summed E-state index contributed by atoms with van der Waals surface area (Å²) in [5.41, 5.74) is 0. The Kier molecular flexibility index (Phi) is 41.2. The van der Waals surface area contributed by atoms with E-state index < -0.39 is 63.1 Å². The number of hydrogen-bond acceptors (Lipinski definition) is 11. The first-order chi connectivity index (χ1) is 31.5. The van der Waals surface area contributed by atoms with E-state index in [0.29, 0.717) is 13.0 Å². The van der Waals surface area contributed by atoms with E-state index >= 15 is 0 Å². The predicted molar refractivity (Wildman–Crippen MR) is 263 cm³/mol. The van der Waals surface area contributed by atoms with Gasteiger partial charge in [0.1, 0.15) is 42.7 Å². The maximum absolute atomic E-state index is 12.8. The van der Waals surface area contributed by atoms with E-state index in [4.69, 9.17) is 18.5 Å². The number of aliphatic hydroxyl groups excluding tert-OH is 5. The van der Waals surface area contributed by atoms with Crippen LogP contribution in [0.3, 0.4) is 0 Å². The van der Waals surface area contributed by atoms with Gasteiger partial charge in [0.25, 0.3) is 0 Å². The van der Waals surface area contributed by atoms with E-state index in [1.165, 1.54) is 167 Å². The highest BCUT2D eigenvalue weighted by molar-refractivity contribution is 7.47. The first-order valence-corrected chi connectivity index (χ1v) is 28.5. The van der Waals surface area contributed by atoms with Crippen molar-refractivity contribution < 1.29 is 58.3 Å². The Labute approximate surface area is 397 Å². The lowest BCUT2D eigenvalue weighted by Crippen LogP contribution is -2.64. The third-order valence-corrected chi connectivity index (χ3v) is 13.9. The fourth-order valence-corrected chi connectivity index (χ4v) is 9.56. The molecule has 1 saturated carbocycles. The molecule has 1 aliphatic carbocycles. The van der Waals surface area contributed by atoms with Crippen LogP contribution >= 0.6 is 7.82 Å². The van der Waals surface area contributed by atoms with Gasteiger partial charge in [-0.25, -0.2) is 4.57 Å². The van der Waals surface area contributed by atoms with Gasteiger partial charge >= 0.3 is 13.8 Å². The van der Waals surface area contributed by atoms with Crippen LogP contribution in [-0.2, 0) is 27.9 Å². The van der Waals surface area contributed by atoms with Gasteiger partial charge < -0.3 is 39.9 Å². The maximum atomic E-state index is 12.8. The lowest BCUT2D eigenvalue weighted by molar-refractivity contribution is -0.220. The Balaban J connectivity index is 2.26. The number of rotatable bonds is 47. The lowest BCUT2D eigenvalue weighted by atomic mass is 9.85. The average molecular weight is 949 g/mol. The van der Waals surface area contributed by atoms with Crippen molar-refractivity contribution in [2.75, 3.05) is 19.8 Å². The zero-order chi connectivity index (χ0) is 47.6. The monoisotopic (exact) mass is 949 g/mol. The molecule has 0 aromatic carbocycles. The van der Waals surface area contributed by atoms with Crippen molar-refractivity contribution in [3.63, 3.8) is 0 Å². The molecule has 0 spiro atoms. The highest BCUT2D eigenvalue weighted by Gasteiger charge is 2.51. The third kappa shape index (κ3) is 34.9. The van der Waals surface area contributed by atoms with Crippen molar-refractivity contribution in [1.29, 1.82) is 0 Å². The van der Waals surface area contributed by atoms with Crippen molar-refractivity contribution in [2.24, 2.45) is 0 Å². The normalized spacial score (nSPS) is 21.5. The van der Waals surface area contributed by atoms with Gasteiger partial charge in [-0.15, -0.1) is 0 Å². The molecule has 0 bridgehead atoms. The van der Waals surface area contributed by atoms with Crippen LogP contribution in [-0.4, -0.2) is 98.9 Å². The number of phosphoric ester groups is 1. The maximum Gasteiger partial charge on any atom is 0.472 e. The fourth-order valence-electron chi connectivity index (χ4n) is 8.59. The smallest absolute Gasteiger partial charge is 0.457 e. The molecule has 12 nitrogen and oxygen atoms in total. The second-order valence-corrected chi connectivity index (χ2v) is 20.5. The summed E-state index contributed by atoms with van der Waals surface area (Å²) in [4.78, 5) is 23.2. The molecule has 6 N–H and O–H groups in total. The largest absolute Gasteiger partial charge is 0.472 e. The summed E-state index contributed by atoms with van der Waals surface area (Å²) >= 11 is 0. The summed E-state index contributed by atoms with van der Waals surface area (Å²) in [6.07, 6.45) is 37.2. The van der Waals surface area contributed by atoms with Crippen molar-refractivity contribution in [1.82, 2.24) is 0 Å². The van der Waals surface area contributed by atoms with Crippen LogP contribution in [0.1, 0.15) is 251 Å². The molecule has 0 aliphatic heterocycles. The van der Waals surface area contributed by atoms with Crippen LogP contribution in [0.4, 0.5) is 0 Å². The molecular weight excluding hydrogens is 848 g/mol. The molecule has 65 heavy (non-hydrogen) atoms. The standard InChI is InChI=1S/C52H101O12P/c1-3-5-7-9-11-13-15-17-19-20-21-22-23-24-25-26-27-28-30-32-34-36-38-40-42-61-43-45(44-62-65(59,60)64-52-50(57)48(55)47(54)49(56)51(52)58)63-46(53)41-39-37-35-33-31-29-18-16-14-12-10-8-6-4-2/h16,18,45,47-52,54-58H,3-15,17,19-44H2,1-2H3,(H,59,60)/b18-16-. The van der Waals surface area contributed by atoms with Crippen LogP contribution in [0.25, 0.3) is 0 Å². The minimum Gasteiger partial charge on any atom is -0.457 e. The predicted octanol–water partition coefficient (Wildman–Crippen LogP) is 12.3. The Bertz CT molecular complexity index is 1130. The zero-order valence-corrected chi connectivity index (χ0v) is 42.5. The molecule has 0 aromatic rings. The highest BCUT2D eigenvalue weighted by Crippen LogP contribution is 2.47. The number of ether oxygens (including phenoxy) is 2.